The molecule has 0 saturated carbocycles. The molecule has 6 nitrogen and oxygen atoms in total. The molecule has 2 heterocycles. The standard InChI is InChI=1S/C19H17N3O3/c1-12-17(23)21(11-13-7-3-2-4-8-13)19(25)16-20-15-10-6-5-9-14(15)18(24)22(12)16/h2-10,12,19,25H,11H2,1H3/t12-,19+/m0/s1. The average molecular weight is 335 g/mol. The van der Waals surface area contributed by atoms with Gasteiger partial charge in [-0.25, -0.2) is 4.98 Å². The molecule has 0 fully saturated rings. The van der Waals surface area contributed by atoms with Crippen LogP contribution in [0.4, 0.5) is 0 Å². The number of carbonyl (C=O) groups is 1. The van der Waals surface area contributed by atoms with E-state index in [0.29, 0.717) is 10.9 Å². The molecular weight excluding hydrogens is 318 g/mol. The molecule has 2 aromatic carbocycles. The SMILES string of the molecule is C[C@H]1C(=O)N(Cc2ccccc2)[C@H](O)c2nc3ccccc3c(=O)n21. The first-order chi connectivity index (χ1) is 12.1. The summed E-state index contributed by atoms with van der Waals surface area (Å²) in [5.41, 5.74) is 1.11. The first-order valence-electron chi connectivity index (χ1n) is 8.11. The summed E-state index contributed by atoms with van der Waals surface area (Å²) in [7, 11) is 0. The van der Waals surface area contributed by atoms with E-state index >= 15 is 0 Å². The third-order valence-corrected chi connectivity index (χ3v) is 4.58. The maximum atomic E-state index is 12.8. The first-order valence-corrected chi connectivity index (χ1v) is 8.11. The average Bonchev–Trinajstić information content (AvgIpc) is 2.64. The highest BCUT2D eigenvalue weighted by Crippen LogP contribution is 2.29. The summed E-state index contributed by atoms with van der Waals surface area (Å²) in [4.78, 5) is 31.4. The van der Waals surface area contributed by atoms with Crippen molar-refractivity contribution in [3.05, 3.63) is 76.3 Å². The molecule has 1 amide bonds. The van der Waals surface area contributed by atoms with E-state index in [2.05, 4.69) is 4.98 Å². The summed E-state index contributed by atoms with van der Waals surface area (Å²) in [5.74, 6) is -0.102. The van der Waals surface area contributed by atoms with Crippen LogP contribution >= 0.6 is 0 Å². The van der Waals surface area contributed by atoms with Crippen LogP contribution in [0, 0.1) is 0 Å². The summed E-state index contributed by atoms with van der Waals surface area (Å²) < 4.78 is 1.30. The van der Waals surface area contributed by atoms with Crippen molar-refractivity contribution in [2.45, 2.75) is 25.7 Å². The van der Waals surface area contributed by atoms with Gasteiger partial charge in [0.1, 0.15) is 6.04 Å². The van der Waals surface area contributed by atoms with Crippen molar-refractivity contribution >= 4 is 16.8 Å². The Bertz CT molecular complexity index is 1010. The predicted molar refractivity (Wildman–Crippen MR) is 92.7 cm³/mol. The van der Waals surface area contributed by atoms with Gasteiger partial charge in [0.2, 0.25) is 5.91 Å². The predicted octanol–water partition coefficient (Wildman–Crippen LogP) is 1.99. The Morgan fingerprint density at radius 1 is 1.04 bits per heavy atom. The molecule has 6 heteroatoms. The van der Waals surface area contributed by atoms with Gasteiger partial charge in [0, 0.05) is 6.54 Å². The zero-order chi connectivity index (χ0) is 17.6. The lowest BCUT2D eigenvalue weighted by Gasteiger charge is -2.37. The fourth-order valence-corrected chi connectivity index (χ4v) is 3.27. The van der Waals surface area contributed by atoms with Crippen LogP contribution in [0.2, 0.25) is 0 Å². The van der Waals surface area contributed by atoms with Crippen LogP contribution in [0.15, 0.2) is 59.4 Å². The van der Waals surface area contributed by atoms with E-state index in [4.69, 9.17) is 0 Å². The van der Waals surface area contributed by atoms with Gasteiger partial charge in [-0.15, -0.1) is 0 Å². The number of amides is 1. The molecule has 0 radical (unpaired) electrons. The molecule has 0 saturated heterocycles. The van der Waals surface area contributed by atoms with Crippen LogP contribution in [0.5, 0.6) is 0 Å². The number of aromatic nitrogens is 2. The molecule has 1 aromatic heterocycles. The number of hydrogen-bond donors (Lipinski definition) is 1. The maximum absolute atomic E-state index is 12.8. The monoisotopic (exact) mass is 335 g/mol. The Kier molecular flexibility index (Phi) is 3.62. The van der Waals surface area contributed by atoms with Crippen LogP contribution in [0.1, 0.15) is 30.6 Å². The Balaban J connectivity index is 1.85. The molecule has 4 rings (SSSR count). The third-order valence-electron chi connectivity index (χ3n) is 4.58. The fourth-order valence-electron chi connectivity index (χ4n) is 3.27. The highest BCUT2D eigenvalue weighted by atomic mass is 16.3. The zero-order valence-corrected chi connectivity index (χ0v) is 13.7. The van der Waals surface area contributed by atoms with Gasteiger partial charge in [-0.05, 0) is 24.6 Å². The van der Waals surface area contributed by atoms with Gasteiger partial charge in [-0.2, -0.15) is 0 Å². The number of hydrogen-bond acceptors (Lipinski definition) is 4. The maximum Gasteiger partial charge on any atom is 0.262 e. The Morgan fingerprint density at radius 3 is 2.48 bits per heavy atom. The number of nitrogens with zero attached hydrogens (tertiary/aromatic N) is 3. The van der Waals surface area contributed by atoms with Gasteiger partial charge < -0.3 is 10.0 Å². The van der Waals surface area contributed by atoms with Gasteiger partial charge in [0.05, 0.1) is 10.9 Å². The summed E-state index contributed by atoms with van der Waals surface area (Å²) in [6.45, 7) is 1.92. The van der Waals surface area contributed by atoms with Gasteiger partial charge in [0.15, 0.2) is 12.1 Å². The molecule has 126 valence electrons. The minimum absolute atomic E-state index is 0.201. The minimum Gasteiger partial charge on any atom is -0.367 e. The van der Waals surface area contributed by atoms with Crippen molar-refractivity contribution < 1.29 is 9.90 Å². The van der Waals surface area contributed by atoms with Gasteiger partial charge >= 0.3 is 0 Å². The molecule has 3 aromatic rings. The van der Waals surface area contributed by atoms with Crippen molar-refractivity contribution in [1.29, 1.82) is 0 Å². The molecule has 0 aliphatic carbocycles. The quantitative estimate of drug-likeness (QED) is 0.777. The third kappa shape index (κ3) is 2.42. The van der Waals surface area contributed by atoms with E-state index in [9.17, 15) is 14.7 Å². The number of aliphatic hydroxyl groups excluding tert-OH is 1. The molecule has 0 spiro atoms. The van der Waals surface area contributed by atoms with Crippen molar-refractivity contribution in [2.24, 2.45) is 0 Å². The number of aliphatic hydroxyl groups is 1. The minimum atomic E-state index is -1.26. The zero-order valence-electron chi connectivity index (χ0n) is 13.7. The first kappa shape index (κ1) is 15.5. The van der Waals surface area contributed by atoms with Crippen molar-refractivity contribution in [3.8, 4) is 0 Å². The van der Waals surface area contributed by atoms with Crippen LogP contribution in [0.25, 0.3) is 10.9 Å². The number of rotatable bonds is 2. The van der Waals surface area contributed by atoms with Gasteiger partial charge in [0.25, 0.3) is 5.56 Å². The van der Waals surface area contributed by atoms with Crippen LogP contribution in [-0.2, 0) is 11.3 Å². The lowest BCUT2D eigenvalue weighted by atomic mass is 10.1. The van der Waals surface area contributed by atoms with Crippen molar-refractivity contribution in [1.82, 2.24) is 14.5 Å². The van der Waals surface area contributed by atoms with E-state index < -0.39 is 12.3 Å². The second-order valence-corrected chi connectivity index (χ2v) is 6.16. The summed E-state index contributed by atoms with van der Waals surface area (Å²) in [5, 5.41) is 11.2. The normalized spacial score (nSPS) is 19.9. The van der Waals surface area contributed by atoms with Crippen LogP contribution in [-0.4, -0.2) is 25.5 Å². The summed E-state index contributed by atoms with van der Waals surface area (Å²) in [6, 6.07) is 15.7. The van der Waals surface area contributed by atoms with E-state index in [1.165, 1.54) is 9.47 Å². The second kappa shape index (κ2) is 5.82. The number of carbonyl (C=O) groups excluding carboxylic acids is 1. The van der Waals surface area contributed by atoms with Crippen LogP contribution < -0.4 is 5.56 Å². The van der Waals surface area contributed by atoms with E-state index in [1.54, 1.807) is 31.2 Å². The van der Waals surface area contributed by atoms with Gasteiger partial charge in [-0.1, -0.05) is 42.5 Å². The summed E-state index contributed by atoms with van der Waals surface area (Å²) >= 11 is 0. The molecular formula is C19H17N3O3. The number of fused-ring (bicyclic) bond motifs is 2. The lowest BCUT2D eigenvalue weighted by Crippen LogP contribution is -2.48. The smallest absolute Gasteiger partial charge is 0.262 e. The Labute approximate surface area is 144 Å². The molecule has 1 N–H and O–H groups in total. The highest BCUT2D eigenvalue weighted by Gasteiger charge is 2.38. The molecule has 1 aliphatic rings. The fraction of sp³-hybridized carbons (Fsp3) is 0.211. The molecule has 2 atom stereocenters. The lowest BCUT2D eigenvalue weighted by molar-refractivity contribution is -0.151. The second-order valence-electron chi connectivity index (χ2n) is 6.16. The molecule has 25 heavy (non-hydrogen) atoms. The van der Waals surface area contributed by atoms with E-state index in [0.717, 1.165) is 5.56 Å². The highest BCUT2D eigenvalue weighted by molar-refractivity contribution is 5.83. The van der Waals surface area contributed by atoms with Crippen molar-refractivity contribution in [3.63, 3.8) is 0 Å². The Hall–Kier alpha value is -2.99. The van der Waals surface area contributed by atoms with Gasteiger partial charge in [-0.3, -0.25) is 14.2 Å². The summed E-state index contributed by atoms with van der Waals surface area (Å²) in [6.07, 6.45) is -1.26. The molecule has 0 bridgehead atoms. The van der Waals surface area contributed by atoms with E-state index in [-0.39, 0.29) is 23.8 Å². The largest absolute Gasteiger partial charge is 0.367 e. The van der Waals surface area contributed by atoms with Crippen LogP contribution in [0.3, 0.4) is 0 Å². The van der Waals surface area contributed by atoms with Crippen molar-refractivity contribution in [2.75, 3.05) is 0 Å². The number of benzene rings is 2. The topological polar surface area (TPSA) is 75.4 Å². The molecule has 1 aliphatic heterocycles. The number of para-hydroxylation sites is 1. The molecule has 0 unspecified atom stereocenters. The van der Waals surface area contributed by atoms with E-state index in [1.807, 2.05) is 30.3 Å². The Morgan fingerprint density at radius 2 is 1.72 bits per heavy atom.